The van der Waals surface area contributed by atoms with Gasteiger partial charge in [0.2, 0.25) is 0 Å². The summed E-state index contributed by atoms with van der Waals surface area (Å²) in [4.78, 5) is 0. The standard InChI is InChI=1S/C16H21N3O/c1-3-20-13-7-4-6-12(10-13)18-15-8-5-9-16-14(15)11-17-19(16)2/h4,6-7,10-11,15,18H,3,5,8-9H2,1-2H3/t15-/m1/s1. The second-order valence-electron chi connectivity index (χ2n) is 5.22. The molecule has 1 atom stereocenters. The van der Waals surface area contributed by atoms with E-state index in [1.807, 2.05) is 37.0 Å². The van der Waals surface area contributed by atoms with Crippen molar-refractivity contribution in [3.8, 4) is 5.75 Å². The van der Waals surface area contributed by atoms with Crippen molar-refractivity contribution in [3.05, 3.63) is 41.7 Å². The Morgan fingerprint density at radius 1 is 1.45 bits per heavy atom. The van der Waals surface area contributed by atoms with Gasteiger partial charge in [-0.25, -0.2) is 0 Å². The van der Waals surface area contributed by atoms with E-state index in [2.05, 4.69) is 22.5 Å². The van der Waals surface area contributed by atoms with E-state index in [9.17, 15) is 0 Å². The molecular formula is C16H21N3O. The smallest absolute Gasteiger partial charge is 0.121 e. The van der Waals surface area contributed by atoms with Crippen molar-refractivity contribution >= 4 is 5.69 Å². The van der Waals surface area contributed by atoms with Crippen LogP contribution in [-0.2, 0) is 13.5 Å². The normalized spacial score (nSPS) is 17.6. The van der Waals surface area contributed by atoms with E-state index in [1.165, 1.54) is 17.7 Å². The zero-order valence-electron chi connectivity index (χ0n) is 12.1. The molecule has 1 heterocycles. The molecule has 0 unspecified atom stereocenters. The zero-order valence-corrected chi connectivity index (χ0v) is 12.1. The average molecular weight is 271 g/mol. The number of hydrogen-bond donors (Lipinski definition) is 1. The lowest BCUT2D eigenvalue weighted by Crippen LogP contribution is -2.17. The van der Waals surface area contributed by atoms with Crippen LogP contribution < -0.4 is 10.1 Å². The molecule has 0 bridgehead atoms. The van der Waals surface area contributed by atoms with E-state index in [4.69, 9.17) is 4.74 Å². The minimum absolute atomic E-state index is 0.351. The molecule has 3 rings (SSSR count). The van der Waals surface area contributed by atoms with Crippen LogP contribution >= 0.6 is 0 Å². The fourth-order valence-corrected chi connectivity index (χ4v) is 2.90. The van der Waals surface area contributed by atoms with Crippen molar-refractivity contribution in [2.75, 3.05) is 11.9 Å². The third-order valence-corrected chi connectivity index (χ3v) is 3.86. The molecule has 1 aromatic carbocycles. The monoisotopic (exact) mass is 271 g/mol. The molecule has 4 nitrogen and oxygen atoms in total. The summed E-state index contributed by atoms with van der Waals surface area (Å²) in [5, 5.41) is 8.00. The summed E-state index contributed by atoms with van der Waals surface area (Å²) in [6, 6.07) is 8.52. The van der Waals surface area contributed by atoms with Gasteiger partial charge in [-0.3, -0.25) is 4.68 Å². The summed E-state index contributed by atoms with van der Waals surface area (Å²) >= 11 is 0. The number of nitrogens with zero attached hydrogens (tertiary/aromatic N) is 2. The highest BCUT2D eigenvalue weighted by atomic mass is 16.5. The van der Waals surface area contributed by atoms with E-state index in [1.54, 1.807) is 0 Å². The molecule has 1 N–H and O–H groups in total. The second-order valence-corrected chi connectivity index (χ2v) is 5.22. The third-order valence-electron chi connectivity index (χ3n) is 3.86. The number of aromatic nitrogens is 2. The molecule has 1 aromatic heterocycles. The number of anilines is 1. The minimum atomic E-state index is 0.351. The molecule has 0 saturated heterocycles. The predicted molar refractivity (Wildman–Crippen MR) is 80.1 cm³/mol. The second kappa shape index (κ2) is 5.57. The van der Waals surface area contributed by atoms with Crippen LogP contribution in [0.2, 0.25) is 0 Å². The molecule has 0 saturated carbocycles. The number of aryl methyl sites for hydroxylation is 1. The van der Waals surface area contributed by atoms with E-state index in [-0.39, 0.29) is 0 Å². The molecule has 0 fully saturated rings. The predicted octanol–water partition coefficient (Wildman–Crippen LogP) is 3.31. The van der Waals surface area contributed by atoms with Crippen molar-refractivity contribution in [3.63, 3.8) is 0 Å². The van der Waals surface area contributed by atoms with Gasteiger partial charge in [0.05, 0.1) is 18.8 Å². The highest BCUT2D eigenvalue weighted by molar-refractivity contribution is 5.50. The van der Waals surface area contributed by atoms with E-state index in [0.29, 0.717) is 12.6 Å². The van der Waals surface area contributed by atoms with Crippen molar-refractivity contribution < 1.29 is 4.74 Å². The van der Waals surface area contributed by atoms with Crippen LogP contribution in [0.25, 0.3) is 0 Å². The molecule has 1 aliphatic rings. The first kappa shape index (κ1) is 13.0. The Labute approximate surface area is 119 Å². The molecule has 2 aromatic rings. The third kappa shape index (κ3) is 2.50. The van der Waals surface area contributed by atoms with Crippen molar-refractivity contribution in [1.29, 1.82) is 0 Å². The van der Waals surface area contributed by atoms with Crippen molar-refractivity contribution in [2.24, 2.45) is 7.05 Å². The Bertz CT molecular complexity index is 591. The fraction of sp³-hybridized carbons (Fsp3) is 0.438. The molecule has 0 radical (unpaired) electrons. The maximum atomic E-state index is 5.55. The maximum absolute atomic E-state index is 5.55. The lowest BCUT2D eigenvalue weighted by molar-refractivity contribution is 0.340. The Balaban J connectivity index is 1.80. The van der Waals surface area contributed by atoms with Gasteiger partial charge in [0.25, 0.3) is 0 Å². The number of nitrogens with one attached hydrogen (secondary N) is 1. The molecule has 1 aliphatic carbocycles. The fourth-order valence-electron chi connectivity index (χ4n) is 2.90. The largest absolute Gasteiger partial charge is 0.494 e. The highest BCUT2D eigenvalue weighted by Crippen LogP contribution is 2.32. The molecule has 20 heavy (non-hydrogen) atoms. The lowest BCUT2D eigenvalue weighted by Gasteiger charge is -2.25. The maximum Gasteiger partial charge on any atom is 0.121 e. The zero-order chi connectivity index (χ0) is 13.9. The van der Waals surface area contributed by atoms with Crippen LogP contribution in [0.3, 0.4) is 0 Å². The van der Waals surface area contributed by atoms with Gasteiger partial charge in [-0.05, 0) is 38.3 Å². The lowest BCUT2D eigenvalue weighted by atomic mass is 9.93. The van der Waals surface area contributed by atoms with Crippen LogP contribution in [0.5, 0.6) is 5.75 Å². The number of ether oxygens (including phenoxy) is 1. The van der Waals surface area contributed by atoms with Crippen LogP contribution in [0.1, 0.15) is 37.1 Å². The topological polar surface area (TPSA) is 39.1 Å². The number of hydrogen-bond acceptors (Lipinski definition) is 3. The minimum Gasteiger partial charge on any atom is -0.494 e. The Morgan fingerprint density at radius 3 is 3.20 bits per heavy atom. The van der Waals surface area contributed by atoms with Gasteiger partial charge < -0.3 is 10.1 Å². The Kier molecular flexibility index (Phi) is 3.63. The van der Waals surface area contributed by atoms with Gasteiger partial charge >= 0.3 is 0 Å². The van der Waals surface area contributed by atoms with Crippen LogP contribution in [0.4, 0.5) is 5.69 Å². The summed E-state index contributed by atoms with van der Waals surface area (Å²) in [6.07, 6.45) is 5.48. The first-order valence-electron chi connectivity index (χ1n) is 7.28. The number of fused-ring (bicyclic) bond motifs is 1. The summed E-state index contributed by atoms with van der Waals surface area (Å²) in [6.45, 7) is 2.70. The number of rotatable bonds is 4. The van der Waals surface area contributed by atoms with Gasteiger partial charge in [0.15, 0.2) is 0 Å². The Morgan fingerprint density at radius 2 is 2.35 bits per heavy atom. The number of benzene rings is 1. The van der Waals surface area contributed by atoms with E-state index in [0.717, 1.165) is 24.3 Å². The van der Waals surface area contributed by atoms with Crippen LogP contribution in [0, 0.1) is 0 Å². The summed E-state index contributed by atoms with van der Waals surface area (Å²) in [7, 11) is 2.02. The van der Waals surface area contributed by atoms with Gasteiger partial charge in [0, 0.05) is 30.1 Å². The summed E-state index contributed by atoms with van der Waals surface area (Å²) < 4.78 is 7.55. The summed E-state index contributed by atoms with van der Waals surface area (Å²) in [5.41, 5.74) is 3.80. The SMILES string of the molecule is CCOc1cccc(N[C@@H]2CCCc3c2cnn3C)c1. The molecular weight excluding hydrogens is 250 g/mol. The average Bonchev–Trinajstić information content (AvgIpc) is 2.83. The highest BCUT2D eigenvalue weighted by Gasteiger charge is 2.23. The molecule has 0 amide bonds. The van der Waals surface area contributed by atoms with Gasteiger partial charge in [-0.2, -0.15) is 5.10 Å². The van der Waals surface area contributed by atoms with Gasteiger partial charge in [0.1, 0.15) is 5.75 Å². The van der Waals surface area contributed by atoms with Crippen molar-refractivity contribution in [2.45, 2.75) is 32.2 Å². The quantitative estimate of drug-likeness (QED) is 0.927. The molecule has 0 spiro atoms. The van der Waals surface area contributed by atoms with E-state index < -0.39 is 0 Å². The van der Waals surface area contributed by atoms with E-state index >= 15 is 0 Å². The van der Waals surface area contributed by atoms with Gasteiger partial charge in [-0.1, -0.05) is 6.07 Å². The first-order chi connectivity index (χ1) is 9.78. The molecule has 4 heteroatoms. The molecule has 106 valence electrons. The van der Waals surface area contributed by atoms with Crippen molar-refractivity contribution in [1.82, 2.24) is 9.78 Å². The van der Waals surface area contributed by atoms with Crippen LogP contribution in [0.15, 0.2) is 30.5 Å². The van der Waals surface area contributed by atoms with Crippen LogP contribution in [-0.4, -0.2) is 16.4 Å². The van der Waals surface area contributed by atoms with Gasteiger partial charge in [-0.15, -0.1) is 0 Å². The summed E-state index contributed by atoms with van der Waals surface area (Å²) in [5.74, 6) is 0.916. The first-order valence-corrected chi connectivity index (χ1v) is 7.28. The Hall–Kier alpha value is -1.97. The molecule has 0 aliphatic heterocycles.